The number of nitro groups is 1. The van der Waals surface area contributed by atoms with Crippen molar-refractivity contribution in [2.75, 3.05) is 0 Å². The van der Waals surface area contributed by atoms with Crippen LogP contribution in [0.4, 0.5) is 5.69 Å². The van der Waals surface area contributed by atoms with Crippen molar-refractivity contribution in [2.24, 2.45) is 0 Å². The molecule has 76 valence electrons. The van der Waals surface area contributed by atoms with Gasteiger partial charge in [-0.05, 0) is 5.41 Å². The molecule has 5 heteroatoms. The van der Waals surface area contributed by atoms with Gasteiger partial charge in [0.1, 0.15) is 0 Å². The second-order valence-corrected chi connectivity index (χ2v) is 4.10. The number of hydrogen-bond acceptors (Lipinski definition) is 3. The number of H-pyrrole nitrogens is 1. The van der Waals surface area contributed by atoms with Crippen molar-refractivity contribution in [3.8, 4) is 0 Å². The molecule has 0 atom stereocenters. The third-order valence-electron chi connectivity index (χ3n) is 1.91. The summed E-state index contributed by atoms with van der Waals surface area (Å²) in [5.74, 6) is 0. The summed E-state index contributed by atoms with van der Waals surface area (Å²) in [7, 11) is 0. The fourth-order valence-electron chi connectivity index (χ4n) is 1.22. The maximum Gasteiger partial charge on any atom is 0.289 e. The van der Waals surface area contributed by atoms with E-state index in [-0.39, 0.29) is 11.2 Å². The lowest BCUT2D eigenvalue weighted by atomic mass is 9.87. The molecule has 1 aromatic rings. The Morgan fingerprint density at radius 2 is 2.00 bits per heavy atom. The van der Waals surface area contributed by atoms with Crippen molar-refractivity contribution >= 4 is 5.69 Å². The Morgan fingerprint density at radius 1 is 1.43 bits per heavy atom. The van der Waals surface area contributed by atoms with Gasteiger partial charge in [0.05, 0.1) is 11.1 Å². The van der Waals surface area contributed by atoms with Gasteiger partial charge in [0, 0.05) is 11.6 Å². The summed E-state index contributed by atoms with van der Waals surface area (Å²) in [6, 6.07) is 1.28. The molecule has 0 amide bonds. The quantitative estimate of drug-likeness (QED) is 0.547. The molecule has 1 N–H and O–H groups in total. The van der Waals surface area contributed by atoms with Gasteiger partial charge < -0.3 is 4.98 Å². The van der Waals surface area contributed by atoms with Crippen molar-refractivity contribution in [2.45, 2.75) is 26.2 Å². The van der Waals surface area contributed by atoms with Crippen LogP contribution in [0.15, 0.2) is 17.1 Å². The molecule has 0 unspecified atom stereocenters. The maximum absolute atomic E-state index is 11.0. The van der Waals surface area contributed by atoms with Gasteiger partial charge in [0.25, 0.3) is 5.69 Å². The average molecular weight is 196 g/mol. The second kappa shape index (κ2) is 3.25. The van der Waals surface area contributed by atoms with Gasteiger partial charge in [-0.25, -0.2) is 0 Å². The van der Waals surface area contributed by atoms with Gasteiger partial charge in [0.15, 0.2) is 0 Å². The molecule has 0 aliphatic heterocycles. The summed E-state index contributed by atoms with van der Waals surface area (Å²) in [5, 5.41) is 10.7. The Kier molecular flexibility index (Phi) is 2.42. The molecule has 0 aliphatic rings. The largest absolute Gasteiger partial charge is 0.323 e. The minimum absolute atomic E-state index is 0.0444. The number of pyridine rings is 1. The van der Waals surface area contributed by atoms with Crippen molar-refractivity contribution in [3.63, 3.8) is 0 Å². The Labute approximate surface area is 80.9 Å². The van der Waals surface area contributed by atoms with E-state index in [1.165, 1.54) is 6.07 Å². The lowest BCUT2D eigenvalue weighted by molar-refractivity contribution is -0.386. The molecule has 0 fully saturated rings. The Bertz CT molecular complexity index is 415. The Balaban J connectivity index is 3.45. The van der Waals surface area contributed by atoms with E-state index in [1.54, 1.807) is 0 Å². The summed E-state index contributed by atoms with van der Waals surface area (Å²) in [4.78, 5) is 23.5. The fourth-order valence-corrected chi connectivity index (χ4v) is 1.22. The van der Waals surface area contributed by atoms with E-state index in [0.29, 0.717) is 5.56 Å². The third-order valence-corrected chi connectivity index (χ3v) is 1.91. The molecule has 1 heterocycles. The summed E-state index contributed by atoms with van der Waals surface area (Å²) >= 11 is 0. The minimum atomic E-state index is -0.490. The third kappa shape index (κ3) is 1.99. The van der Waals surface area contributed by atoms with Crippen molar-refractivity contribution in [1.29, 1.82) is 0 Å². The number of nitrogens with one attached hydrogen (secondary N) is 1. The zero-order chi connectivity index (χ0) is 10.9. The van der Waals surface area contributed by atoms with E-state index < -0.39 is 10.3 Å². The Morgan fingerprint density at radius 3 is 2.43 bits per heavy atom. The number of hydrogen-bond donors (Lipinski definition) is 1. The van der Waals surface area contributed by atoms with Crippen LogP contribution in [0.3, 0.4) is 0 Å². The summed E-state index contributed by atoms with van der Waals surface area (Å²) in [5.41, 5.74) is -0.319. The van der Waals surface area contributed by atoms with Crippen molar-refractivity contribution < 1.29 is 4.92 Å². The molecule has 0 aromatic carbocycles. The maximum atomic E-state index is 11.0. The lowest BCUT2D eigenvalue weighted by Gasteiger charge is -2.17. The van der Waals surface area contributed by atoms with Gasteiger partial charge in [-0.3, -0.25) is 14.9 Å². The highest BCUT2D eigenvalue weighted by Gasteiger charge is 2.24. The van der Waals surface area contributed by atoms with E-state index in [1.807, 2.05) is 20.8 Å². The number of aromatic amines is 1. The van der Waals surface area contributed by atoms with E-state index in [4.69, 9.17) is 0 Å². The molecule has 0 saturated heterocycles. The Hall–Kier alpha value is -1.65. The standard InChI is InChI=1S/C9H12N2O3/c1-9(2,3)6-4-8(12)10-5-7(6)11(13)14/h4-5H,1-3H3,(H,10,12). The first-order chi connectivity index (χ1) is 6.32. The van der Waals surface area contributed by atoms with Crippen molar-refractivity contribution in [1.82, 2.24) is 4.98 Å². The highest BCUT2D eigenvalue weighted by molar-refractivity contribution is 5.41. The first kappa shape index (κ1) is 10.4. The molecule has 0 spiro atoms. The fraction of sp³-hybridized carbons (Fsp3) is 0.444. The summed E-state index contributed by atoms with van der Waals surface area (Å²) < 4.78 is 0. The van der Waals surface area contributed by atoms with Crippen LogP contribution in [0.1, 0.15) is 26.3 Å². The van der Waals surface area contributed by atoms with Crippen molar-refractivity contribution in [3.05, 3.63) is 38.3 Å². The minimum Gasteiger partial charge on any atom is -0.323 e. The molecule has 14 heavy (non-hydrogen) atoms. The lowest BCUT2D eigenvalue weighted by Crippen LogP contribution is -2.18. The molecule has 0 saturated carbocycles. The molecular formula is C9H12N2O3. The molecular weight excluding hydrogens is 184 g/mol. The topological polar surface area (TPSA) is 76.0 Å². The number of rotatable bonds is 1. The first-order valence-electron chi connectivity index (χ1n) is 4.20. The van der Waals surface area contributed by atoms with Gasteiger partial charge in [-0.1, -0.05) is 20.8 Å². The number of aromatic nitrogens is 1. The van der Waals surface area contributed by atoms with Gasteiger partial charge >= 0.3 is 0 Å². The first-order valence-corrected chi connectivity index (χ1v) is 4.20. The normalized spacial score (nSPS) is 11.4. The zero-order valence-electron chi connectivity index (χ0n) is 8.33. The SMILES string of the molecule is CC(C)(C)c1cc(=O)[nH]cc1[N+](=O)[O-]. The highest BCUT2D eigenvalue weighted by Crippen LogP contribution is 2.28. The van der Waals surface area contributed by atoms with Crippen LogP contribution >= 0.6 is 0 Å². The molecule has 0 bridgehead atoms. The van der Waals surface area contributed by atoms with Gasteiger partial charge in [-0.2, -0.15) is 0 Å². The van der Waals surface area contributed by atoms with Crippen LogP contribution in [0.2, 0.25) is 0 Å². The second-order valence-electron chi connectivity index (χ2n) is 4.10. The van der Waals surface area contributed by atoms with Gasteiger partial charge in [-0.15, -0.1) is 0 Å². The molecule has 0 aliphatic carbocycles. The van der Waals surface area contributed by atoms with Crippen LogP contribution in [0.5, 0.6) is 0 Å². The smallest absolute Gasteiger partial charge is 0.289 e. The van der Waals surface area contributed by atoms with Crippen LogP contribution in [-0.2, 0) is 5.41 Å². The molecule has 1 aromatic heterocycles. The van der Waals surface area contributed by atoms with Gasteiger partial charge in [0.2, 0.25) is 5.56 Å². The predicted molar refractivity (Wildman–Crippen MR) is 52.4 cm³/mol. The number of nitrogens with zero attached hydrogens (tertiary/aromatic N) is 1. The van der Waals surface area contributed by atoms with Crippen LogP contribution in [-0.4, -0.2) is 9.91 Å². The van der Waals surface area contributed by atoms with E-state index in [2.05, 4.69) is 4.98 Å². The summed E-state index contributed by atoms with van der Waals surface area (Å²) in [6.07, 6.45) is 1.14. The predicted octanol–water partition coefficient (Wildman–Crippen LogP) is 1.58. The highest BCUT2D eigenvalue weighted by atomic mass is 16.6. The molecule has 0 radical (unpaired) electrons. The van der Waals surface area contributed by atoms with Crippen LogP contribution in [0.25, 0.3) is 0 Å². The summed E-state index contributed by atoms with van der Waals surface area (Å²) in [6.45, 7) is 5.48. The van der Waals surface area contributed by atoms with E-state index in [0.717, 1.165) is 6.20 Å². The van der Waals surface area contributed by atoms with E-state index in [9.17, 15) is 14.9 Å². The molecule has 1 rings (SSSR count). The average Bonchev–Trinajstić information content (AvgIpc) is 2.01. The van der Waals surface area contributed by atoms with Crippen LogP contribution < -0.4 is 5.56 Å². The molecule has 5 nitrogen and oxygen atoms in total. The van der Waals surface area contributed by atoms with E-state index >= 15 is 0 Å². The zero-order valence-corrected chi connectivity index (χ0v) is 8.33. The monoisotopic (exact) mass is 196 g/mol. The van der Waals surface area contributed by atoms with Crippen LogP contribution in [0, 0.1) is 10.1 Å².